The van der Waals surface area contributed by atoms with Crippen molar-refractivity contribution in [1.82, 2.24) is 0 Å². The molecule has 0 aliphatic carbocycles. The van der Waals surface area contributed by atoms with Crippen molar-refractivity contribution in [1.29, 1.82) is 0 Å². The molecule has 332 valence electrons. The Morgan fingerprint density at radius 3 is 0.875 bits per heavy atom. The van der Waals surface area contributed by atoms with Crippen LogP contribution in [0.15, 0.2) is 0 Å². The lowest BCUT2D eigenvalue weighted by molar-refractivity contribution is -0.169. The molecule has 2 unspecified atom stereocenters. The molecule has 0 saturated heterocycles. The van der Waals surface area contributed by atoms with Crippen molar-refractivity contribution in [3.05, 3.63) is 0 Å². The van der Waals surface area contributed by atoms with Crippen LogP contribution in [0.25, 0.3) is 0 Å². The summed E-state index contributed by atoms with van der Waals surface area (Å²) in [5.74, 6) is -0.344. The van der Waals surface area contributed by atoms with Crippen molar-refractivity contribution in [3.8, 4) is 0 Å². The largest absolute Gasteiger partial charge is 0.466 e. The van der Waals surface area contributed by atoms with E-state index in [0.29, 0.717) is 25.9 Å². The van der Waals surface area contributed by atoms with Gasteiger partial charge in [0.15, 0.2) is 0 Å². The van der Waals surface area contributed by atoms with Gasteiger partial charge in [-0.3, -0.25) is 14.4 Å². The maximum atomic E-state index is 13.2. The summed E-state index contributed by atoms with van der Waals surface area (Å²) in [4.78, 5) is 38.6. The van der Waals surface area contributed by atoms with Gasteiger partial charge in [-0.1, -0.05) is 214 Å². The molecular weight excluding hydrogens is 697 g/mol. The third-order valence-electron chi connectivity index (χ3n) is 11.4. The first-order valence-electron chi connectivity index (χ1n) is 25.0. The first-order chi connectivity index (χ1) is 27.5. The minimum absolute atomic E-state index is 0.0651. The van der Waals surface area contributed by atoms with Gasteiger partial charge in [0.05, 0.1) is 6.61 Å². The second kappa shape index (κ2) is 44.5. The molecule has 0 radical (unpaired) electrons. The highest BCUT2D eigenvalue weighted by molar-refractivity contribution is 5.70. The van der Waals surface area contributed by atoms with Gasteiger partial charge in [0, 0.05) is 19.3 Å². The SMILES string of the molecule is CCCCCCCCCCCCOC(=O)CCCCCCCC(OC(=O)CCCCCCCCC)C(CCCCCCCC)OC(=O)CCCCCCCCC. The van der Waals surface area contributed by atoms with Gasteiger partial charge in [0.2, 0.25) is 0 Å². The van der Waals surface area contributed by atoms with E-state index in [0.717, 1.165) is 96.3 Å². The summed E-state index contributed by atoms with van der Waals surface area (Å²) in [6.07, 6.45) is 43.0. The van der Waals surface area contributed by atoms with Crippen LogP contribution in [0.3, 0.4) is 0 Å². The predicted octanol–water partition coefficient (Wildman–Crippen LogP) is 16.0. The van der Waals surface area contributed by atoms with E-state index in [1.165, 1.54) is 141 Å². The summed E-state index contributed by atoms with van der Waals surface area (Å²) in [5.41, 5.74) is 0. The minimum atomic E-state index is -0.388. The first-order valence-corrected chi connectivity index (χ1v) is 25.0. The number of ether oxygens (including phenoxy) is 3. The molecule has 6 heteroatoms. The zero-order valence-corrected chi connectivity index (χ0v) is 38.1. The maximum Gasteiger partial charge on any atom is 0.306 e. The average Bonchev–Trinajstić information content (AvgIpc) is 3.19. The fourth-order valence-corrected chi connectivity index (χ4v) is 7.67. The van der Waals surface area contributed by atoms with Gasteiger partial charge in [-0.15, -0.1) is 0 Å². The van der Waals surface area contributed by atoms with E-state index in [1.54, 1.807) is 0 Å². The molecule has 0 aromatic heterocycles. The van der Waals surface area contributed by atoms with Gasteiger partial charge >= 0.3 is 17.9 Å². The zero-order chi connectivity index (χ0) is 41.0. The molecule has 0 aromatic rings. The van der Waals surface area contributed by atoms with Crippen molar-refractivity contribution in [2.45, 2.75) is 297 Å². The Morgan fingerprint density at radius 2 is 0.554 bits per heavy atom. The smallest absolute Gasteiger partial charge is 0.306 e. The number of esters is 3. The van der Waals surface area contributed by atoms with Crippen LogP contribution in [0.1, 0.15) is 285 Å². The molecule has 0 aromatic carbocycles. The number of hydrogen-bond donors (Lipinski definition) is 0. The highest BCUT2D eigenvalue weighted by Gasteiger charge is 2.28. The molecule has 0 aliphatic rings. The maximum absolute atomic E-state index is 13.2. The van der Waals surface area contributed by atoms with E-state index in [2.05, 4.69) is 27.7 Å². The van der Waals surface area contributed by atoms with Crippen LogP contribution < -0.4 is 0 Å². The molecular formula is C50H96O6. The van der Waals surface area contributed by atoms with Crippen molar-refractivity contribution in [2.24, 2.45) is 0 Å². The van der Waals surface area contributed by atoms with Crippen LogP contribution >= 0.6 is 0 Å². The van der Waals surface area contributed by atoms with E-state index in [1.807, 2.05) is 0 Å². The zero-order valence-electron chi connectivity index (χ0n) is 38.1. The van der Waals surface area contributed by atoms with Crippen LogP contribution in [0, 0.1) is 0 Å². The monoisotopic (exact) mass is 793 g/mol. The first kappa shape index (κ1) is 54.4. The van der Waals surface area contributed by atoms with Gasteiger partial charge in [0.1, 0.15) is 12.2 Å². The molecule has 0 N–H and O–H groups in total. The quantitative estimate of drug-likeness (QED) is 0.0347. The third kappa shape index (κ3) is 39.2. The highest BCUT2D eigenvalue weighted by atomic mass is 16.6. The molecule has 0 amide bonds. The molecule has 56 heavy (non-hydrogen) atoms. The van der Waals surface area contributed by atoms with Gasteiger partial charge in [-0.25, -0.2) is 0 Å². The van der Waals surface area contributed by atoms with Crippen molar-refractivity contribution >= 4 is 17.9 Å². The fraction of sp³-hybridized carbons (Fsp3) is 0.940. The van der Waals surface area contributed by atoms with Crippen LogP contribution in [0.4, 0.5) is 0 Å². The Balaban J connectivity index is 4.86. The summed E-state index contributed by atoms with van der Waals surface area (Å²) in [6.45, 7) is 9.52. The summed E-state index contributed by atoms with van der Waals surface area (Å²) >= 11 is 0. The Labute approximate surface area is 348 Å². The van der Waals surface area contributed by atoms with Crippen LogP contribution in [0.2, 0.25) is 0 Å². The Hall–Kier alpha value is -1.59. The number of rotatable bonds is 45. The van der Waals surface area contributed by atoms with Crippen molar-refractivity contribution in [2.75, 3.05) is 6.61 Å². The van der Waals surface area contributed by atoms with E-state index in [4.69, 9.17) is 14.2 Å². The Morgan fingerprint density at radius 1 is 0.304 bits per heavy atom. The van der Waals surface area contributed by atoms with Crippen molar-refractivity contribution < 1.29 is 28.6 Å². The molecule has 0 bridgehead atoms. The fourth-order valence-electron chi connectivity index (χ4n) is 7.67. The van der Waals surface area contributed by atoms with Gasteiger partial charge in [0.25, 0.3) is 0 Å². The van der Waals surface area contributed by atoms with E-state index >= 15 is 0 Å². The van der Waals surface area contributed by atoms with Crippen LogP contribution in [-0.4, -0.2) is 36.7 Å². The summed E-state index contributed by atoms with van der Waals surface area (Å²) < 4.78 is 17.9. The average molecular weight is 793 g/mol. The normalized spacial score (nSPS) is 12.4. The second-order valence-corrected chi connectivity index (χ2v) is 17.1. The Kier molecular flexibility index (Phi) is 43.2. The summed E-state index contributed by atoms with van der Waals surface area (Å²) in [5, 5.41) is 0. The summed E-state index contributed by atoms with van der Waals surface area (Å²) in [7, 11) is 0. The lowest BCUT2D eigenvalue weighted by atomic mass is 9.99. The van der Waals surface area contributed by atoms with Gasteiger partial charge in [-0.05, 0) is 51.4 Å². The van der Waals surface area contributed by atoms with Gasteiger partial charge in [-0.2, -0.15) is 0 Å². The summed E-state index contributed by atoms with van der Waals surface area (Å²) in [6, 6.07) is 0. The lowest BCUT2D eigenvalue weighted by Gasteiger charge is -2.27. The van der Waals surface area contributed by atoms with Crippen LogP contribution in [-0.2, 0) is 28.6 Å². The molecule has 0 spiro atoms. The number of carbonyl (C=O) groups is 3. The topological polar surface area (TPSA) is 78.9 Å². The third-order valence-corrected chi connectivity index (χ3v) is 11.4. The number of hydrogen-bond acceptors (Lipinski definition) is 6. The van der Waals surface area contributed by atoms with E-state index in [-0.39, 0.29) is 30.1 Å². The van der Waals surface area contributed by atoms with E-state index in [9.17, 15) is 14.4 Å². The molecule has 6 nitrogen and oxygen atoms in total. The van der Waals surface area contributed by atoms with E-state index < -0.39 is 0 Å². The number of unbranched alkanes of at least 4 members (excludes halogenated alkanes) is 30. The standard InChI is InChI=1S/C50H96O6/c1-5-9-13-17-21-22-23-26-33-39-45-54-48(51)42-36-32-27-29-35-41-47(56-50(53)44-38-31-25-19-15-11-7-3)46(40-34-28-20-16-12-8-4)55-49(52)43-37-30-24-18-14-10-6-2/h46-47H,5-45H2,1-4H3. The second-order valence-electron chi connectivity index (χ2n) is 17.1. The molecule has 0 heterocycles. The van der Waals surface area contributed by atoms with Crippen LogP contribution in [0.5, 0.6) is 0 Å². The molecule has 0 saturated carbocycles. The molecule has 0 aliphatic heterocycles. The van der Waals surface area contributed by atoms with Gasteiger partial charge < -0.3 is 14.2 Å². The predicted molar refractivity (Wildman–Crippen MR) is 238 cm³/mol. The highest BCUT2D eigenvalue weighted by Crippen LogP contribution is 2.23. The minimum Gasteiger partial charge on any atom is -0.466 e. The molecule has 0 fully saturated rings. The molecule has 0 rings (SSSR count). The Bertz CT molecular complexity index is 843. The molecule has 2 atom stereocenters. The number of carbonyl (C=O) groups excluding carboxylic acids is 3. The van der Waals surface area contributed by atoms with Crippen molar-refractivity contribution in [3.63, 3.8) is 0 Å². The lowest BCUT2D eigenvalue weighted by Crippen LogP contribution is -2.35.